The molecule has 1 fully saturated rings. The van der Waals surface area contributed by atoms with Crippen molar-refractivity contribution in [2.24, 2.45) is 0 Å². The van der Waals surface area contributed by atoms with Gasteiger partial charge in [0.05, 0.1) is 28.8 Å². The zero-order chi connectivity index (χ0) is 40.5. The van der Waals surface area contributed by atoms with E-state index in [2.05, 4.69) is 21.3 Å². The number of aliphatic carboxylic acids is 2. The van der Waals surface area contributed by atoms with Gasteiger partial charge in [-0.3, -0.25) is 15.1 Å². The average Bonchev–Trinajstić information content (AvgIpc) is 3.19. The molecule has 0 spiro atoms. The van der Waals surface area contributed by atoms with E-state index >= 15 is 0 Å². The number of aliphatic hydroxyl groups excluding tert-OH is 1. The number of nitrogens with zero attached hydrogens (tertiary/aromatic N) is 3. The van der Waals surface area contributed by atoms with Crippen LogP contribution in [0.15, 0.2) is 67.0 Å². The Morgan fingerprint density at radius 1 is 0.964 bits per heavy atom. The number of piperidine rings is 1. The molecule has 1 aliphatic heterocycles. The minimum absolute atomic E-state index is 0.00187. The van der Waals surface area contributed by atoms with Crippen molar-refractivity contribution in [1.82, 2.24) is 15.2 Å². The van der Waals surface area contributed by atoms with Gasteiger partial charge in [0.1, 0.15) is 42.1 Å². The van der Waals surface area contributed by atoms with Gasteiger partial charge in [-0.05, 0) is 68.0 Å². The summed E-state index contributed by atoms with van der Waals surface area (Å²) in [6.07, 6.45) is 4.09. The molecule has 0 amide bonds. The summed E-state index contributed by atoms with van der Waals surface area (Å²) in [5.41, 5.74) is 1.72. The SMILES string of the molecule is Cc1c(COc2cc(OCc3cncc(C#N)c3)c(CN[C@](C)(CO)C(=O)O)cc2Cl)cccc1-c1cccc(OCCCN2CCC(O)(C(=O)O)CC2)c1Cl. The third kappa shape index (κ3) is 10.3. The van der Waals surface area contributed by atoms with E-state index in [0.29, 0.717) is 71.6 Å². The first-order chi connectivity index (χ1) is 26.8. The van der Waals surface area contributed by atoms with Crippen LogP contribution in [0.25, 0.3) is 11.1 Å². The molecule has 0 radical (unpaired) electrons. The molecule has 0 unspecified atom stereocenters. The summed E-state index contributed by atoms with van der Waals surface area (Å²) in [6.45, 7) is 4.98. The maximum atomic E-state index is 11.8. The lowest BCUT2D eigenvalue weighted by Gasteiger charge is -2.35. The monoisotopic (exact) mass is 806 g/mol. The number of benzene rings is 3. The van der Waals surface area contributed by atoms with E-state index in [9.17, 15) is 35.3 Å². The summed E-state index contributed by atoms with van der Waals surface area (Å²) in [5, 5.41) is 51.7. The Morgan fingerprint density at radius 3 is 2.38 bits per heavy atom. The maximum Gasteiger partial charge on any atom is 0.335 e. The van der Waals surface area contributed by atoms with Crippen LogP contribution < -0.4 is 19.5 Å². The summed E-state index contributed by atoms with van der Waals surface area (Å²) in [6, 6.07) is 18.3. The van der Waals surface area contributed by atoms with Crippen molar-refractivity contribution >= 4 is 35.1 Å². The van der Waals surface area contributed by atoms with Crippen molar-refractivity contribution in [3.05, 3.63) is 105 Å². The number of carboxylic acids is 2. The van der Waals surface area contributed by atoms with Crippen LogP contribution in [0.3, 0.4) is 0 Å². The van der Waals surface area contributed by atoms with Gasteiger partial charge in [0, 0.05) is 61.3 Å². The van der Waals surface area contributed by atoms with Gasteiger partial charge in [0.2, 0.25) is 0 Å². The van der Waals surface area contributed by atoms with Crippen LogP contribution in [0.2, 0.25) is 10.0 Å². The minimum Gasteiger partial charge on any atom is -0.492 e. The number of ether oxygens (including phenoxy) is 3. The highest BCUT2D eigenvalue weighted by atomic mass is 35.5. The maximum absolute atomic E-state index is 11.8. The molecule has 5 N–H and O–H groups in total. The van der Waals surface area contributed by atoms with E-state index < -0.39 is 29.7 Å². The molecule has 4 aromatic rings. The van der Waals surface area contributed by atoms with E-state index in [1.165, 1.54) is 13.1 Å². The molecule has 1 aliphatic rings. The van der Waals surface area contributed by atoms with Gasteiger partial charge in [-0.15, -0.1) is 0 Å². The predicted molar refractivity (Wildman–Crippen MR) is 209 cm³/mol. The fourth-order valence-electron chi connectivity index (χ4n) is 6.19. The fraction of sp³-hybridized carbons (Fsp3) is 0.366. The fourth-order valence-corrected chi connectivity index (χ4v) is 6.71. The second-order valence-electron chi connectivity index (χ2n) is 13.9. The van der Waals surface area contributed by atoms with Crippen LogP contribution in [0.1, 0.15) is 54.0 Å². The molecule has 0 aliphatic carbocycles. The quantitative estimate of drug-likeness (QED) is 0.0736. The normalized spacial score (nSPS) is 15.0. The highest BCUT2D eigenvalue weighted by molar-refractivity contribution is 6.35. The Kier molecular flexibility index (Phi) is 14.2. The van der Waals surface area contributed by atoms with E-state index in [0.717, 1.165) is 22.3 Å². The number of rotatable bonds is 18. The Morgan fingerprint density at radius 2 is 1.68 bits per heavy atom. The zero-order valence-corrected chi connectivity index (χ0v) is 32.6. The van der Waals surface area contributed by atoms with Crippen molar-refractivity contribution in [2.75, 3.05) is 32.8 Å². The molecular weight excluding hydrogens is 763 g/mol. The molecule has 296 valence electrons. The highest BCUT2D eigenvalue weighted by Gasteiger charge is 2.39. The molecule has 0 bridgehead atoms. The molecule has 3 aromatic carbocycles. The average molecular weight is 808 g/mol. The number of nitriles is 1. The summed E-state index contributed by atoms with van der Waals surface area (Å²) >= 11 is 13.6. The number of likely N-dealkylation sites (tertiary alicyclic amines) is 1. The standard InChI is InChI=1S/C41H44Cl2N4O9/c1-26-29(6-3-7-31(26)32-8-4-9-34(37(32)43)54-15-5-12-47-13-10-41(53,11-14-47)39(51)52)24-56-36-18-35(55-23-28-16-27(19-44)20-45-21-28)30(17-33(36)42)22-46-40(2,25-48)38(49)50/h3-4,6-9,16-18,20-21,46,48,53H,5,10-15,22-25H2,1-2H3,(H,49,50)(H,51,52)/t40-/m1/s1. The molecular formula is C41H44Cl2N4O9. The van der Waals surface area contributed by atoms with Gasteiger partial charge >= 0.3 is 11.9 Å². The van der Waals surface area contributed by atoms with E-state index in [1.54, 1.807) is 24.4 Å². The number of halogens is 2. The summed E-state index contributed by atoms with van der Waals surface area (Å²) < 4.78 is 18.5. The molecule has 0 saturated carbocycles. The van der Waals surface area contributed by atoms with E-state index in [4.69, 9.17) is 37.4 Å². The van der Waals surface area contributed by atoms with Crippen molar-refractivity contribution in [3.63, 3.8) is 0 Å². The van der Waals surface area contributed by atoms with Gasteiger partial charge in [0.25, 0.3) is 0 Å². The second-order valence-corrected chi connectivity index (χ2v) is 14.7. The minimum atomic E-state index is -1.65. The Bertz CT molecular complexity index is 2080. The number of aliphatic hydroxyl groups is 2. The lowest BCUT2D eigenvalue weighted by molar-refractivity contribution is -0.163. The number of hydrogen-bond acceptors (Lipinski definition) is 11. The first kappa shape index (κ1) is 42.2. The third-order valence-corrected chi connectivity index (χ3v) is 10.6. The number of hydrogen-bond donors (Lipinski definition) is 5. The third-order valence-electron chi connectivity index (χ3n) is 9.93. The largest absolute Gasteiger partial charge is 0.492 e. The molecule has 1 atom stereocenters. The Labute approximate surface area is 335 Å². The number of nitrogens with one attached hydrogen (secondary N) is 1. The van der Waals surface area contributed by atoms with Crippen molar-refractivity contribution < 1.29 is 44.2 Å². The number of pyridine rings is 1. The first-order valence-electron chi connectivity index (χ1n) is 18.0. The van der Waals surface area contributed by atoms with Crippen LogP contribution in [0, 0.1) is 18.3 Å². The number of aromatic nitrogens is 1. The van der Waals surface area contributed by atoms with E-state index in [-0.39, 0.29) is 37.6 Å². The van der Waals surface area contributed by atoms with Gasteiger partial charge in [0.15, 0.2) is 5.60 Å². The molecule has 56 heavy (non-hydrogen) atoms. The predicted octanol–water partition coefficient (Wildman–Crippen LogP) is 6.00. The summed E-state index contributed by atoms with van der Waals surface area (Å²) in [5.74, 6) is -1.20. The van der Waals surface area contributed by atoms with Gasteiger partial charge in [-0.1, -0.05) is 53.5 Å². The Hall–Kier alpha value is -4.94. The molecule has 1 saturated heterocycles. The first-order valence-corrected chi connectivity index (χ1v) is 18.7. The van der Waals surface area contributed by atoms with Crippen molar-refractivity contribution in [2.45, 2.75) is 64.0 Å². The van der Waals surface area contributed by atoms with Crippen LogP contribution in [-0.2, 0) is 29.3 Å². The zero-order valence-electron chi connectivity index (χ0n) is 31.1. The highest BCUT2D eigenvalue weighted by Crippen LogP contribution is 2.39. The van der Waals surface area contributed by atoms with Gasteiger partial charge in [-0.25, -0.2) is 4.79 Å². The van der Waals surface area contributed by atoms with Crippen molar-refractivity contribution in [1.29, 1.82) is 5.26 Å². The lowest BCUT2D eigenvalue weighted by Crippen LogP contribution is -2.52. The van der Waals surface area contributed by atoms with Gasteiger partial charge < -0.3 is 39.5 Å². The number of carboxylic acid groups (broad SMARTS) is 2. The molecule has 2 heterocycles. The topological polar surface area (TPSA) is 195 Å². The number of carbonyl (C=O) groups is 2. The van der Waals surface area contributed by atoms with E-state index in [1.807, 2.05) is 43.3 Å². The second kappa shape index (κ2) is 18.8. The van der Waals surface area contributed by atoms with Crippen LogP contribution in [0.5, 0.6) is 17.2 Å². The molecule has 15 heteroatoms. The lowest BCUT2D eigenvalue weighted by atomic mass is 9.91. The Balaban J connectivity index is 1.28. The van der Waals surface area contributed by atoms with Crippen LogP contribution >= 0.6 is 23.2 Å². The van der Waals surface area contributed by atoms with Crippen molar-refractivity contribution in [3.8, 4) is 34.4 Å². The molecule has 1 aromatic heterocycles. The smallest absolute Gasteiger partial charge is 0.335 e. The molecule has 13 nitrogen and oxygen atoms in total. The van der Waals surface area contributed by atoms with Crippen LogP contribution in [-0.4, -0.2) is 86.2 Å². The van der Waals surface area contributed by atoms with Gasteiger partial charge in [-0.2, -0.15) is 5.26 Å². The van der Waals surface area contributed by atoms with Crippen LogP contribution in [0.4, 0.5) is 0 Å². The summed E-state index contributed by atoms with van der Waals surface area (Å²) in [4.78, 5) is 29.3. The summed E-state index contributed by atoms with van der Waals surface area (Å²) in [7, 11) is 0. The molecule has 5 rings (SSSR count).